The van der Waals surface area contributed by atoms with Crippen LogP contribution in [0, 0.1) is 0 Å². The van der Waals surface area contributed by atoms with Crippen molar-refractivity contribution < 1.29 is 14.3 Å². The van der Waals surface area contributed by atoms with E-state index in [9.17, 15) is 4.79 Å². The quantitative estimate of drug-likeness (QED) is 0.690. The fourth-order valence-corrected chi connectivity index (χ4v) is 2.17. The van der Waals surface area contributed by atoms with E-state index in [1.165, 1.54) is 0 Å². The summed E-state index contributed by atoms with van der Waals surface area (Å²) < 4.78 is 10.1. The zero-order chi connectivity index (χ0) is 17.2. The molecule has 128 valence electrons. The van der Waals surface area contributed by atoms with Crippen molar-refractivity contribution in [1.82, 2.24) is 10.3 Å². The van der Waals surface area contributed by atoms with Crippen molar-refractivity contribution in [2.75, 3.05) is 39.2 Å². The Hall–Kier alpha value is -2.60. The number of methoxy groups -OCH3 is 2. The Bertz CT molecular complexity index is 644. The zero-order valence-electron chi connectivity index (χ0n) is 14.0. The Labute approximate surface area is 142 Å². The number of hydrogen-bond acceptors (Lipinski definition) is 5. The topological polar surface area (TPSA) is 72.5 Å². The van der Waals surface area contributed by atoms with E-state index in [2.05, 4.69) is 15.6 Å². The minimum Gasteiger partial charge on any atom is -0.497 e. The van der Waals surface area contributed by atoms with Gasteiger partial charge in [-0.3, -0.25) is 9.78 Å². The third-order valence-corrected chi connectivity index (χ3v) is 3.49. The molecule has 6 nitrogen and oxygen atoms in total. The molecule has 24 heavy (non-hydrogen) atoms. The number of amides is 1. The number of aromatic nitrogens is 1. The van der Waals surface area contributed by atoms with Gasteiger partial charge in [0.1, 0.15) is 5.75 Å². The first-order valence-electron chi connectivity index (χ1n) is 7.82. The summed E-state index contributed by atoms with van der Waals surface area (Å²) in [6.07, 6.45) is 4.00. The van der Waals surface area contributed by atoms with E-state index in [1.807, 2.05) is 24.3 Å². The van der Waals surface area contributed by atoms with Gasteiger partial charge in [-0.2, -0.15) is 0 Å². The maximum absolute atomic E-state index is 12.2. The molecule has 1 aromatic heterocycles. The molecule has 1 amide bonds. The molecule has 1 heterocycles. The van der Waals surface area contributed by atoms with Crippen LogP contribution < -0.4 is 15.4 Å². The molecule has 0 bridgehead atoms. The van der Waals surface area contributed by atoms with Crippen LogP contribution in [-0.4, -0.2) is 44.8 Å². The molecule has 0 saturated carbocycles. The molecule has 2 aromatic rings. The Kier molecular flexibility index (Phi) is 7.04. The Morgan fingerprint density at radius 1 is 1.12 bits per heavy atom. The second kappa shape index (κ2) is 9.52. The summed E-state index contributed by atoms with van der Waals surface area (Å²) in [4.78, 5) is 16.3. The van der Waals surface area contributed by atoms with E-state index in [1.54, 1.807) is 32.7 Å². The van der Waals surface area contributed by atoms with Gasteiger partial charge in [0, 0.05) is 32.6 Å². The van der Waals surface area contributed by atoms with Crippen LogP contribution in [0.2, 0.25) is 0 Å². The summed E-state index contributed by atoms with van der Waals surface area (Å²) in [6, 6.07) is 9.59. The molecule has 0 fully saturated rings. The number of anilines is 1. The van der Waals surface area contributed by atoms with Crippen LogP contribution in [0.4, 0.5) is 5.69 Å². The number of benzene rings is 1. The highest BCUT2D eigenvalue weighted by Gasteiger charge is 2.06. The lowest BCUT2D eigenvalue weighted by Crippen LogP contribution is -2.26. The molecule has 0 aliphatic carbocycles. The van der Waals surface area contributed by atoms with Crippen LogP contribution in [0.25, 0.3) is 0 Å². The molecule has 2 N–H and O–H groups in total. The highest BCUT2D eigenvalue weighted by Crippen LogP contribution is 2.11. The first kappa shape index (κ1) is 17.7. The van der Waals surface area contributed by atoms with Gasteiger partial charge in [-0.05, 0) is 30.2 Å². The van der Waals surface area contributed by atoms with Crippen molar-refractivity contribution in [3.05, 3.63) is 53.9 Å². The van der Waals surface area contributed by atoms with E-state index >= 15 is 0 Å². The average Bonchev–Trinajstić information content (AvgIpc) is 2.63. The lowest BCUT2D eigenvalue weighted by Gasteiger charge is -2.08. The van der Waals surface area contributed by atoms with Gasteiger partial charge < -0.3 is 20.1 Å². The maximum atomic E-state index is 12.2. The molecule has 2 rings (SSSR count). The maximum Gasteiger partial charge on any atom is 0.252 e. The van der Waals surface area contributed by atoms with Gasteiger partial charge >= 0.3 is 0 Å². The minimum atomic E-state index is -0.133. The SMILES string of the molecule is COCCNc1cncc(C(=O)NCCc2ccc(OC)cc2)c1. The molecule has 0 spiro atoms. The van der Waals surface area contributed by atoms with Crippen molar-refractivity contribution in [3.63, 3.8) is 0 Å². The number of ether oxygens (including phenoxy) is 2. The molecule has 6 heteroatoms. The fraction of sp³-hybridized carbons (Fsp3) is 0.333. The lowest BCUT2D eigenvalue weighted by atomic mass is 10.1. The summed E-state index contributed by atoms with van der Waals surface area (Å²) in [7, 11) is 3.29. The van der Waals surface area contributed by atoms with Crippen LogP contribution in [0.15, 0.2) is 42.7 Å². The minimum absolute atomic E-state index is 0.133. The summed E-state index contributed by atoms with van der Waals surface area (Å²) in [6.45, 7) is 1.82. The van der Waals surface area contributed by atoms with Crippen molar-refractivity contribution in [2.45, 2.75) is 6.42 Å². The molecule has 0 aliphatic heterocycles. The smallest absolute Gasteiger partial charge is 0.252 e. The van der Waals surface area contributed by atoms with E-state index in [0.29, 0.717) is 25.3 Å². The van der Waals surface area contributed by atoms with Crippen molar-refractivity contribution in [3.8, 4) is 5.75 Å². The van der Waals surface area contributed by atoms with Crippen LogP contribution >= 0.6 is 0 Å². The predicted molar refractivity (Wildman–Crippen MR) is 93.6 cm³/mol. The first-order valence-corrected chi connectivity index (χ1v) is 7.82. The second-order valence-electron chi connectivity index (χ2n) is 5.24. The molecular formula is C18H23N3O3. The van der Waals surface area contributed by atoms with E-state index in [4.69, 9.17) is 9.47 Å². The average molecular weight is 329 g/mol. The molecule has 0 atom stereocenters. The van der Waals surface area contributed by atoms with Gasteiger partial charge in [0.2, 0.25) is 0 Å². The molecule has 0 aliphatic rings. The molecule has 0 saturated heterocycles. The van der Waals surface area contributed by atoms with Crippen molar-refractivity contribution in [2.24, 2.45) is 0 Å². The summed E-state index contributed by atoms with van der Waals surface area (Å²) in [5.41, 5.74) is 2.48. The summed E-state index contributed by atoms with van der Waals surface area (Å²) in [5.74, 6) is 0.693. The van der Waals surface area contributed by atoms with Gasteiger partial charge in [0.15, 0.2) is 0 Å². The number of nitrogens with zero attached hydrogens (tertiary/aromatic N) is 1. The highest BCUT2D eigenvalue weighted by molar-refractivity contribution is 5.94. The Balaban J connectivity index is 1.82. The standard InChI is InChI=1S/C18H23N3O3/c1-23-10-9-20-16-11-15(12-19-13-16)18(22)21-8-7-14-3-5-17(24-2)6-4-14/h3-6,11-13,20H,7-10H2,1-2H3,(H,21,22). The first-order chi connectivity index (χ1) is 11.7. The Morgan fingerprint density at radius 3 is 2.62 bits per heavy atom. The zero-order valence-corrected chi connectivity index (χ0v) is 14.0. The molecule has 1 aromatic carbocycles. The number of carbonyl (C=O) groups excluding carboxylic acids is 1. The number of rotatable bonds is 9. The van der Waals surface area contributed by atoms with Crippen LogP contribution in [-0.2, 0) is 11.2 Å². The van der Waals surface area contributed by atoms with Crippen LogP contribution in [0.1, 0.15) is 15.9 Å². The van der Waals surface area contributed by atoms with E-state index in [0.717, 1.165) is 23.4 Å². The number of pyridine rings is 1. The van der Waals surface area contributed by atoms with Gasteiger partial charge in [-0.1, -0.05) is 12.1 Å². The largest absolute Gasteiger partial charge is 0.497 e. The normalized spacial score (nSPS) is 10.2. The third kappa shape index (κ3) is 5.55. The second-order valence-corrected chi connectivity index (χ2v) is 5.24. The molecule has 0 radical (unpaired) electrons. The molecular weight excluding hydrogens is 306 g/mol. The van der Waals surface area contributed by atoms with Gasteiger partial charge in [-0.25, -0.2) is 0 Å². The van der Waals surface area contributed by atoms with E-state index in [-0.39, 0.29) is 5.91 Å². The van der Waals surface area contributed by atoms with Gasteiger partial charge in [0.05, 0.1) is 25.0 Å². The van der Waals surface area contributed by atoms with Crippen molar-refractivity contribution in [1.29, 1.82) is 0 Å². The fourth-order valence-electron chi connectivity index (χ4n) is 2.17. The summed E-state index contributed by atoms with van der Waals surface area (Å²) in [5, 5.41) is 6.06. The third-order valence-electron chi connectivity index (χ3n) is 3.49. The van der Waals surface area contributed by atoms with E-state index < -0.39 is 0 Å². The highest BCUT2D eigenvalue weighted by atomic mass is 16.5. The Morgan fingerprint density at radius 2 is 1.92 bits per heavy atom. The van der Waals surface area contributed by atoms with Crippen molar-refractivity contribution >= 4 is 11.6 Å². The lowest BCUT2D eigenvalue weighted by molar-refractivity contribution is 0.0954. The number of nitrogens with one attached hydrogen (secondary N) is 2. The predicted octanol–water partition coefficient (Wildman–Crippen LogP) is 2.12. The van der Waals surface area contributed by atoms with Gasteiger partial charge in [0.25, 0.3) is 5.91 Å². The summed E-state index contributed by atoms with van der Waals surface area (Å²) >= 11 is 0. The monoisotopic (exact) mass is 329 g/mol. The number of hydrogen-bond donors (Lipinski definition) is 2. The molecule has 0 unspecified atom stereocenters. The number of carbonyl (C=O) groups is 1. The van der Waals surface area contributed by atoms with Crippen LogP contribution in [0.5, 0.6) is 5.75 Å². The van der Waals surface area contributed by atoms with Gasteiger partial charge in [-0.15, -0.1) is 0 Å². The van der Waals surface area contributed by atoms with Crippen LogP contribution in [0.3, 0.4) is 0 Å².